The van der Waals surface area contributed by atoms with E-state index in [0.717, 1.165) is 37.1 Å². The summed E-state index contributed by atoms with van der Waals surface area (Å²) in [6, 6.07) is 13.2. The minimum atomic E-state index is -0.410. The van der Waals surface area contributed by atoms with E-state index in [0.29, 0.717) is 23.8 Å². The number of benzene rings is 2. The molecule has 1 N–H and O–H groups in total. The number of rotatable bonds is 8. The molecule has 0 unspecified atom stereocenters. The third kappa shape index (κ3) is 5.01. The Labute approximate surface area is 172 Å². The Morgan fingerprint density at radius 3 is 2.17 bits per heavy atom. The van der Waals surface area contributed by atoms with Gasteiger partial charge in [0.25, 0.3) is 0 Å². The zero-order valence-electron chi connectivity index (χ0n) is 17.4. The molecule has 2 aromatic rings. The largest absolute Gasteiger partial charge is 0.496 e. The van der Waals surface area contributed by atoms with Crippen LogP contribution in [-0.2, 0) is 11.3 Å². The van der Waals surface area contributed by atoms with Crippen molar-refractivity contribution >= 4 is 5.91 Å². The van der Waals surface area contributed by atoms with E-state index in [9.17, 15) is 4.79 Å². The molecule has 1 aliphatic heterocycles. The molecule has 3 rings (SSSR count). The van der Waals surface area contributed by atoms with E-state index in [1.165, 1.54) is 6.42 Å². The van der Waals surface area contributed by atoms with Gasteiger partial charge in [0.2, 0.25) is 5.91 Å². The molecule has 6 nitrogen and oxygen atoms in total. The van der Waals surface area contributed by atoms with E-state index in [2.05, 4.69) is 5.32 Å². The molecule has 1 atom stereocenters. The molecule has 0 radical (unpaired) electrons. The maximum absolute atomic E-state index is 13.3. The molecule has 1 aliphatic rings. The fourth-order valence-electron chi connectivity index (χ4n) is 3.73. The summed E-state index contributed by atoms with van der Waals surface area (Å²) in [5.41, 5.74) is 1.86. The molecule has 29 heavy (non-hydrogen) atoms. The van der Waals surface area contributed by atoms with E-state index >= 15 is 0 Å². The quantitative estimate of drug-likeness (QED) is 0.737. The molecule has 1 saturated heterocycles. The molecule has 0 aromatic heterocycles. The minimum absolute atomic E-state index is 0.121. The Balaban J connectivity index is 1.84. The van der Waals surface area contributed by atoms with Crippen LogP contribution in [0.15, 0.2) is 42.5 Å². The van der Waals surface area contributed by atoms with Crippen molar-refractivity contribution in [3.05, 3.63) is 53.6 Å². The lowest BCUT2D eigenvalue weighted by atomic mass is 10.0. The average molecular weight is 399 g/mol. The highest BCUT2D eigenvalue weighted by molar-refractivity contribution is 5.83. The number of hydrogen-bond donors (Lipinski definition) is 1. The van der Waals surface area contributed by atoms with Crippen molar-refractivity contribution in [1.82, 2.24) is 10.2 Å². The number of carbonyl (C=O) groups is 1. The summed E-state index contributed by atoms with van der Waals surface area (Å²) < 4.78 is 16.3. The van der Waals surface area contributed by atoms with Crippen LogP contribution in [0, 0.1) is 0 Å². The summed E-state index contributed by atoms with van der Waals surface area (Å²) in [5, 5.41) is 3.45. The Morgan fingerprint density at radius 2 is 1.55 bits per heavy atom. The highest BCUT2D eigenvalue weighted by Gasteiger charge is 2.27. The predicted octanol–water partition coefficient (Wildman–Crippen LogP) is 3.56. The highest BCUT2D eigenvalue weighted by atomic mass is 16.5. The van der Waals surface area contributed by atoms with E-state index < -0.39 is 6.04 Å². The van der Waals surface area contributed by atoms with Crippen LogP contribution in [-0.4, -0.2) is 45.2 Å². The monoisotopic (exact) mass is 398 g/mol. The average Bonchev–Trinajstić information content (AvgIpc) is 2.79. The summed E-state index contributed by atoms with van der Waals surface area (Å²) >= 11 is 0. The maximum atomic E-state index is 13.3. The lowest BCUT2D eigenvalue weighted by molar-refractivity contribution is -0.134. The number of likely N-dealkylation sites (tertiary alicyclic amines) is 1. The first kappa shape index (κ1) is 21.0. The van der Waals surface area contributed by atoms with Crippen molar-refractivity contribution in [2.75, 3.05) is 34.4 Å². The second-order valence-corrected chi connectivity index (χ2v) is 7.13. The van der Waals surface area contributed by atoms with Gasteiger partial charge in [-0.1, -0.05) is 30.3 Å². The minimum Gasteiger partial charge on any atom is -0.496 e. The van der Waals surface area contributed by atoms with Gasteiger partial charge in [-0.3, -0.25) is 10.1 Å². The van der Waals surface area contributed by atoms with Crippen molar-refractivity contribution in [2.24, 2.45) is 0 Å². The Morgan fingerprint density at radius 1 is 0.931 bits per heavy atom. The summed E-state index contributed by atoms with van der Waals surface area (Å²) in [5.74, 6) is 2.04. The molecule has 2 aromatic carbocycles. The van der Waals surface area contributed by atoms with Crippen LogP contribution in [0.2, 0.25) is 0 Å². The molecular weight excluding hydrogens is 368 g/mol. The lowest BCUT2D eigenvalue weighted by Gasteiger charge is -2.31. The van der Waals surface area contributed by atoms with Gasteiger partial charge in [-0.25, -0.2) is 0 Å². The molecular formula is C23H30N2O4. The van der Waals surface area contributed by atoms with Crippen LogP contribution < -0.4 is 19.5 Å². The highest BCUT2D eigenvalue weighted by Crippen LogP contribution is 2.35. The van der Waals surface area contributed by atoms with Gasteiger partial charge >= 0.3 is 0 Å². The second kappa shape index (κ2) is 10.2. The van der Waals surface area contributed by atoms with Gasteiger partial charge in [0, 0.05) is 31.3 Å². The van der Waals surface area contributed by atoms with Crippen molar-refractivity contribution in [3.8, 4) is 17.2 Å². The van der Waals surface area contributed by atoms with Gasteiger partial charge in [0.05, 0.1) is 21.3 Å². The van der Waals surface area contributed by atoms with Crippen LogP contribution in [0.5, 0.6) is 17.2 Å². The first-order valence-electron chi connectivity index (χ1n) is 10.0. The van der Waals surface area contributed by atoms with E-state index in [-0.39, 0.29) is 5.91 Å². The van der Waals surface area contributed by atoms with Gasteiger partial charge in [-0.2, -0.15) is 0 Å². The van der Waals surface area contributed by atoms with Crippen molar-refractivity contribution in [3.63, 3.8) is 0 Å². The molecule has 156 valence electrons. The van der Waals surface area contributed by atoms with E-state index in [1.54, 1.807) is 27.4 Å². The van der Waals surface area contributed by atoms with Gasteiger partial charge < -0.3 is 19.1 Å². The Bertz CT molecular complexity index is 804. The van der Waals surface area contributed by atoms with Crippen molar-refractivity contribution in [2.45, 2.75) is 31.8 Å². The van der Waals surface area contributed by atoms with Crippen LogP contribution in [0.1, 0.15) is 36.4 Å². The molecule has 6 heteroatoms. The number of hydrogen-bond acceptors (Lipinski definition) is 5. The number of nitrogens with zero attached hydrogens (tertiary/aromatic N) is 1. The Kier molecular flexibility index (Phi) is 7.36. The first-order chi connectivity index (χ1) is 14.2. The summed E-state index contributed by atoms with van der Waals surface area (Å²) in [6.07, 6.45) is 3.32. The van der Waals surface area contributed by atoms with Crippen LogP contribution >= 0.6 is 0 Å². The van der Waals surface area contributed by atoms with Crippen LogP contribution in [0.25, 0.3) is 0 Å². The normalized spacial score (nSPS) is 14.9. The number of methoxy groups -OCH3 is 3. The number of nitrogens with one attached hydrogen (secondary N) is 1. The molecule has 0 saturated carbocycles. The molecule has 0 spiro atoms. The predicted molar refractivity (Wildman–Crippen MR) is 113 cm³/mol. The maximum Gasteiger partial charge on any atom is 0.244 e. The third-order valence-electron chi connectivity index (χ3n) is 5.33. The zero-order valence-corrected chi connectivity index (χ0v) is 17.4. The standard InChI is InChI=1S/C23H30N2O4/c1-27-19-15-21(29-3)20(28-2)14-18(19)16-24-22(17-10-6-4-7-11-17)23(26)25-12-8-5-9-13-25/h4,6-7,10-11,14-15,22,24H,5,8-9,12-13,16H2,1-3H3/t22-/m1/s1. The second-order valence-electron chi connectivity index (χ2n) is 7.13. The van der Waals surface area contributed by atoms with Crippen LogP contribution in [0.3, 0.4) is 0 Å². The smallest absolute Gasteiger partial charge is 0.244 e. The van der Waals surface area contributed by atoms with Gasteiger partial charge in [0.1, 0.15) is 11.8 Å². The fourth-order valence-corrected chi connectivity index (χ4v) is 3.73. The molecule has 0 bridgehead atoms. The number of piperidine rings is 1. The van der Waals surface area contributed by atoms with Gasteiger partial charge in [-0.05, 0) is 30.9 Å². The molecule has 1 heterocycles. The van der Waals surface area contributed by atoms with E-state index in [1.807, 2.05) is 41.3 Å². The first-order valence-corrected chi connectivity index (χ1v) is 10.0. The SMILES string of the molecule is COc1cc(OC)c(OC)cc1CN[C@@H](C(=O)N1CCCCC1)c1ccccc1. The summed E-state index contributed by atoms with van der Waals surface area (Å²) in [4.78, 5) is 15.3. The number of carbonyl (C=O) groups excluding carboxylic acids is 1. The van der Waals surface area contributed by atoms with Gasteiger partial charge in [0.15, 0.2) is 11.5 Å². The zero-order chi connectivity index (χ0) is 20.6. The van der Waals surface area contributed by atoms with E-state index in [4.69, 9.17) is 14.2 Å². The van der Waals surface area contributed by atoms with Gasteiger partial charge in [-0.15, -0.1) is 0 Å². The van der Waals surface area contributed by atoms with Crippen molar-refractivity contribution in [1.29, 1.82) is 0 Å². The molecule has 1 fully saturated rings. The molecule has 0 aliphatic carbocycles. The molecule has 1 amide bonds. The van der Waals surface area contributed by atoms with Crippen LogP contribution in [0.4, 0.5) is 0 Å². The third-order valence-corrected chi connectivity index (χ3v) is 5.33. The number of amides is 1. The fraction of sp³-hybridized carbons (Fsp3) is 0.435. The van der Waals surface area contributed by atoms with Crippen molar-refractivity contribution < 1.29 is 19.0 Å². The lowest BCUT2D eigenvalue weighted by Crippen LogP contribution is -2.43. The summed E-state index contributed by atoms with van der Waals surface area (Å²) in [7, 11) is 4.82. The summed E-state index contributed by atoms with van der Waals surface area (Å²) in [6.45, 7) is 2.11. The number of ether oxygens (including phenoxy) is 3. The Hall–Kier alpha value is -2.73. The topological polar surface area (TPSA) is 60.0 Å².